The molecule has 1 saturated heterocycles. The van der Waals surface area contributed by atoms with Crippen molar-refractivity contribution in [2.75, 3.05) is 26.1 Å². The van der Waals surface area contributed by atoms with Crippen LogP contribution in [0.5, 0.6) is 12.0 Å². The minimum atomic E-state index is 0.0397. The Morgan fingerprint density at radius 3 is 2.86 bits per heavy atom. The number of fused-ring (bicyclic) bond motifs is 1. The maximum absolute atomic E-state index is 6.12. The first-order chi connectivity index (χ1) is 13.6. The Balaban J connectivity index is 1.70. The van der Waals surface area contributed by atoms with Gasteiger partial charge in [-0.1, -0.05) is 19.8 Å². The smallest absolute Gasteiger partial charge is 0.320 e. The fourth-order valence-electron chi connectivity index (χ4n) is 3.77. The number of anilines is 1. The third-order valence-electron chi connectivity index (χ3n) is 5.25. The number of hydrogen-bond acceptors (Lipinski definition) is 7. The van der Waals surface area contributed by atoms with Crippen LogP contribution in [0.2, 0.25) is 0 Å². The van der Waals surface area contributed by atoms with E-state index in [9.17, 15) is 0 Å². The summed E-state index contributed by atoms with van der Waals surface area (Å²) >= 11 is 0. The molecule has 2 aromatic heterocycles. The number of aryl methyl sites for hydroxylation is 1. The van der Waals surface area contributed by atoms with E-state index in [0.29, 0.717) is 34.9 Å². The first-order valence-electron chi connectivity index (χ1n) is 10.4. The molecule has 0 radical (unpaired) electrons. The Labute approximate surface area is 166 Å². The fourth-order valence-corrected chi connectivity index (χ4v) is 3.77. The average molecular weight is 392 g/mol. The van der Waals surface area contributed by atoms with Gasteiger partial charge in [-0.2, -0.15) is 15.0 Å². The zero-order valence-corrected chi connectivity index (χ0v) is 17.3. The molecule has 156 valence electrons. The lowest BCUT2D eigenvalue weighted by Crippen LogP contribution is -2.17. The Kier molecular flexibility index (Phi) is 7.30. The van der Waals surface area contributed by atoms with Crippen molar-refractivity contribution in [1.82, 2.24) is 19.5 Å². The fraction of sp³-hybridized carbons (Fsp3) is 0.750. The molecule has 0 saturated carbocycles. The standard InChI is InChI=1S/C20H33N5O3/c1-4-8-14(2)28-19-23-17(21)16-18(24-19)25(20(22-16)26-3)11-6-5-9-15-10-7-12-27-13-15/h14-15H,4-13H2,1-3H3,(H2,21,23,24)/t14-,15?/m0/s1. The van der Waals surface area contributed by atoms with Crippen molar-refractivity contribution in [3.8, 4) is 12.0 Å². The number of nitrogens with two attached hydrogens (primary N) is 1. The van der Waals surface area contributed by atoms with Crippen LogP contribution in [-0.2, 0) is 11.3 Å². The largest absolute Gasteiger partial charge is 0.468 e. The molecule has 2 aromatic rings. The van der Waals surface area contributed by atoms with E-state index in [1.807, 2.05) is 11.5 Å². The second-order valence-electron chi connectivity index (χ2n) is 7.61. The van der Waals surface area contributed by atoms with Crippen molar-refractivity contribution in [2.24, 2.45) is 5.92 Å². The second kappa shape index (κ2) is 9.91. The quantitative estimate of drug-likeness (QED) is 0.618. The topological polar surface area (TPSA) is 97.3 Å². The molecular formula is C20H33N5O3. The van der Waals surface area contributed by atoms with Gasteiger partial charge in [0.2, 0.25) is 0 Å². The Morgan fingerprint density at radius 2 is 2.14 bits per heavy atom. The third kappa shape index (κ3) is 5.04. The lowest BCUT2D eigenvalue weighted by molar-refractivity contribution is 0.0506. The molecule has 1 aliphatic heterocycles. The number of aromatic nitrogens is 4. The van der Waals surface area contributed by atoms with Gasteiger partial charge in [-0.3, -0.25) is 4.57 Å². The highest BCUT2D eigenvalue weighted by molar-refractivity contribution is 5.83. The van der Waals surface area contributed by atoms with Crippen LogP contribution in [0, 0.1) is 5.92 Å². The molecule has 3 rings (SSSR count). The van der Waals surface area contributed by atoms with E-state index >= 15 is 0 Å². The molecule has 1 aliphatic rings. The summed E-state index contributed by atoms with van der Waals surface area (Å²) in [5, 5.41) is 0. The average Bonchev–Trinajstić information content (AvgIpc) is 3.04. The number of methoxy groups -OCH3 is 1. The minimum absolute atomic E-state index is 0.0397. The highest BCUT2D eigenvalue weighted by atomic mass is 16.5. The molecule has 1 fully saturated rings. The summed E-state index contributed by atoms with van der Waals surface area (Å²) in [6, 6.07) is 0.810. The molecule has 0 spiro atoms. The molecule has 1 unspecified atom stereocenters. The van der Waals surface area contributed by atoms with Gasteiger partial charge in [0.25, 0.3) is 6.01 Å². The van der Waals surface area contributed by atoms with E-state index in [0.717, 1.165) is 45.4 Å². The van der Waals surface area contributed by atoms with Crippen LogP contribution in [-0.4, -0.2) is 45.9 Å². The van der Waals surface area contributed by atoms with Gasteiger partial charge in [0, 0.05) is 19.8 Å². The van der Waals surface area contributed by atoms with Gasteiger partial charge in [-0.25, -0.2) is 0 Å². The third-order valence-corrected chi connectivity index (χ3v) is 5.25. The molecule has 8 nitrogen and oxygen atoms in total. The van der Waals surface area contributed by atoms with Crippen LogP contribution in [0.25, 0.3) is 11.2 Å². The highest BCUT2D eigenvalue weighted by Crippen LogP contribution is 2.27. The Hall–Kier alpha value is -2.09. The molecule has 2 N–H and O–H groups in total. The summed E-state index contributed by atoms with van der Waals surface area (Å²) < 4.78 is 18.9. The van der Waals surface area contributed by atoms with Gasteiger partial charge in [0.1, 0.15) is 0 Å². The van der Waals surface area contributed by atoms with Gasteiger partial charge in [-0.15, -0.1) is 0 Å². The molecule has 0 aliphatic carbocycles. The Morgan fingerprint density at radius 1 is 1.29 bits per heavy atom. The lowest BCUT2D eigenvalue weighted by Gasteiger charge is -2.21. The van der Waals surface area contributed by atoms with Crippen molar-refractivity contribution >= 4 is 17.0 Å². The van der Waals surface area contributed by atoms with Crippen molar-refractivity contribution in [3.63, 3.8) is 0 Å². The van der Waals surface area contributed by atoms with E-state index in [2.05, 4.69) is 21.9 Å². The molecule has 2 atom stereocenters. The van der Waals surface area contributed by atoms with E-state index in [1.54, 1.807) is 7.11 Å². The SMILES string of the molecule is CCC[C@H](C)Oc1nc(N)c2nc(OC)n(CCCCC3CCCOC3)c2n1. The monoisotopic (exact) mass is 391 g/mol. The molecule has 0 aromatic carbocycles. The lowest BCUT2D eigenvalue weighted by atomic mass is 9.96. The van der Waals surface area contributed by atoms with Gasteiger partial charge < -0.3 is 19.9 Å². The maximum atomic E-state index is 6.12. The molecule has 0 amide bonds. The second-order valence-corrected chi connectivity index (χ2v) is 7.61. The van der Waals surface area contributed by atoms with Crippen LogP contribution < -0.4 is 15.2 Å². The van der Waals surface area contributed by atoms with Crippen molar-refractivity contribution in [3.05, 3.63) is 0 Å². The van der Waals surface area contributed by atoms with Crippen LogP contribution in [0.1, 0.15) is 58.8 Å². The molecule has 28 heavy (non-hydrogen) atoms. The van der Waals surface area contributed by atoms with Crippen molar-refractivity contribution in [1.29, 1.82) is 0 Å². The predicted molar refractivity (Wildman–Crippen MR) is 109 cm³/mol. The number of imidazole rings is 1. The van der Waals surface area contributed by atoms with Crippen LogP contribution in [0.4, 0.5) is 5.82 Å². The van der Waals surface area contributed by atoms with E-state index < -0.39 is 0 Å². The first-order valence-corrected chi connectivity index (χ1v) is 10.4. The van der Waals surface area contributed by atoms with Crippen molar-refractivity contribution < 1.29 is 14.2 Å². The maximum Gasteiger partial charge on any atom is 0.320 e. The normalized spacial score (nSPS) is 18.3. The number of nitrogen functional groups attached to an aromatic ring is 1. The zero-order chi connectivity index (χ0) is 19.9. The molecular weight excluding hydrogens is 358 g/mol. The van der Waals surface area contributed by atoms with Gasteiger partial charge >= 0.3 is 6.01 Å². The van der Waals surface area contributed by atoms with Crippen LogP contribution in [0.3, 0.4) is 0 Å². The van der Waals surface area contributed by atoms with Crippen LogP contribution in [0.15, 0.2) is 0 Å². The van der Waals surface area contributed by atoms with Gasteiger partial charge in [-0.05, 0) is 44.9 Å². The highest BCUT2D eigenvalue weighted by Gasteiger charge is 2.19. The molecule has 0 bridgehead atoms. The van der Waals surface area contributed by atoms with Crippen molar-refractivity contribution in [2.45, 2.75) is 71.4 Å². The number of unbranched alkanes of at least 4 members (excludes halogenated alkanes) is 1. The summed E-state index contributed by atoms with van der Waals surface area (Å²) in [5.41, 5.74) is 7.35. The Bertz CT molecular complexity index is 758. The number of ether oxygens (including phenoxy) is 3. The van der Waals surface area contributed by atoms with Crippen LogP contribution >= 0.6 is 0 Å². The summed E-state index contributed by atoms with van der Waals surface area (Å²) in [5.74, 6) is 1.01. The minimum Gasteiger partial charge on any atom is -0.468 e. The molecule has 8 heteroatoms. The first kappa shape index (κ1) is 20.6. The summed E-state index contributed by atoms with van der Waals surface area (Å²) in [6.07, 6.45) is 7.81. The van der Waals surface area contributed by atoms with Gasteiger partial charge in [0.15, 0.2) is 17.0 Å². The predicted octanol–water partition coefficient (Wildman–Crippen LogP) is 3.58. The molecule has 3 heterocycles. The summed E-state index contributed by atoms with van der Waals surface area (Å²) in [7, 11) is 1.61. The summed E-state index contributed by atoms with van der Waals surface area (Å²) in [4.78, 5) is 13.3. The summed E-state index contributed by atoms with van der Waals surface area (Å²) in [6.45, 7) is 6.72. The number of rotatable bonds is 10. The van der Waals surface area contributed by atoms with E-state index in [4.69, 9.17) is 19.9 Å². The number of nitrogens with zero attached hydrogens (tertiary/aromatic N) is 4. The number of hydrogen-bond donors (Lipinski definition) is 1. The van der Waals surface area contributed by atoms with Gasteiger partial charge in [0.05, 0.1) is 13.2 Å². The zero-order valence-electron chi connectivity index (χ0n) is 17.3. The van der Waals surface area contributed by atoms with E-state index in [1.165, 1.54) is 19.3 Å². The van der Waals surface area contributed by atoms with E-state index in [-0.39, 0.29) is 6.10 Å².